The number of para-hydroxylation sites is 2. The molecule has 27 heavy (non-hydrogen) atoms. The Morgan fingerprint density at radius 3 is 2.78 bits per heavy atom. The highest BCUT2D eigenvalue weighted by Crippen LogP contribution is 2.13. The van der Waals surface area contributed by atoms with E-state index in [4.69, 9.17) is 0 Å². The van der Waals surface area contributed by atoms with Gasteiger partial charge in [0.1, 0.15) is 5.82 Å². The van der Waals surface area contributed by atoms with Crippen molar-refractivity contribution in [3.63, 3.8) is 0 Å². The molecule has 0 fully saturated rings. The summed E-state index contributed by atoms with van der Waals surface area (Å²) in [4.78, 5) is 18.4. The van der Waals surface area contributed by atoms with Crippen molar-refractivity contribution in [1.29, 1.82) is 0 Å². The van der Waals surface area contributed by atoms with Crippen molar-refractivity contribution in [2.45, 2.75) is 33.1 Å². The molecule has 0 bridgehead atoms. The van der Waals surface area contributed by atoms with E-state index in [1.807, 2.05) is 30.5 Å². The molecule has 8 heteroatoms. The lowest BCUT2D eigenvalue weighted by atomic mass is 10.3. The monoisotopic (exact) mass is 498 g/mol. The van der Waals surface area contributed by atoms with Crippen molar-refractivity contribution >= 4 is 52.3 Å². The van der Waals surface area contributed by atoms with Gasteiger partial charge in [-0.2, -0.15) is 0 Å². The van der Waals surface area contributed by atoms with Gasteiger partial charge in [0.05, 0.1) is 16.0 Å². The lowest BCUT2D eigenvalue weighted by Gasteiger charge is -2.10. The standard InChI is InChI=1S/C19H26N6S.HI/c1-3-14-13-23-18(26-14)10-12-22-19(20-4-2)21-11-9-17-24-15-7-5-6-8-16(15)25-17;/h5-8,13H,3-4,9-12H2,1-2H3,(H,24,25)(H2,20,21,22);1H. The summed E-state index contributed by atoms with van der Waals surface area (Å²) in [7, 11) is 0. The lowest BCUT2D eigenvalue weighted by Crippen LogP contribution is -2.38. The second kappa shape index (κ2) is 11.2. The molecule has 0 aliphatic carbocycles. The molecule has 1 aromatic carbocycles. The van der Waals surface area contributed by atoms with Crippen LogP contribution < -0.4 is 10.6 Å². The van der Waals surface area contributed by atoms with Crippen LogP contribution in [0.25, 0.3) is 11.0 Å². The number of rotatable bonds is 8. The number of imidazole rings is 1. The molecule has 0 saturated carbocycles. The fraction of sp³-hybridized carbons (Fsp3) is 0.421. The van der Waals surface area contributed by atoms with Crippen molar-refractivity contribution in [3.8, 4) is 0 Å². The maximum absolute atomic E-state index is 4.65. The zero-order valence-electron chi connectivity index (χ0n) is 15.8. The van der Waals surface area contributed by atoms with Gasteiger partial charge in [-0.25, -0.2) is 9.97 Å². The van der Waals surface area contributed by atoms with Gasteiger partial charge in [-0.3, -0.25) is 4.99 Å². The summed E-state index contributed by atoms with van der Waals surface area (Å²) in [6, 6.07) is 8.10. The Kier molecular flexibility index (Phi) is 8.99. The fourth-order valence-corrected chi connectivity index (χ4v) is 3.51. The number of aryl methyl sites for hydroxylation is 1. The van der Waals surface area contributed by atoms with Crippen molar-refractivity contribution in [1.82, 2.24) is 25.6 Å². The summed E-state index contributed by atoms with van der Waals surface area (Å²) < 4.78 is 0. The molecular formula is C19H27IN6S. The van der Waals surface area contributed by atoms with Gasteiger partial charge in [-0.05, 0) is 25.5 Å². The lowest BCUT2D eigenvalue weighted by molar-refractivity contribution is 0.778. The molecule has 0 amide bonds. The molecule has 0 aliphatic heterocycles. The second-order valence-corrected chi connectivity index (χ2v) is 7.16. The summed E-state index contributed by atoms with van der Waals surface area (Å²) in [6.45, 7) is 6.59. The fourth-order valence-electron chi connectivity index (χ4n) is 2.66. The largest absolute Gasteiger partial charge is 0.357 e. The first-order chi connectivity index (χ1) is 12.8. The Morgan fingerprint density at radius 2 is 2.04 bits per heavy atom. The highest BCUT2D eigenvalue weighted by molar-refractivity contribution is 14.0. The smallest absolute Gasteiger partial charge is 0.191 e. The third-order valence-corrected chi connectivity index (χ3v) is 5.18. The van der Waals surface area contributed by atoms with E-state index in [9.17, 15) is 0 Å². The average molecular weight is 498 g/mol. The van der Waals surface area contributed by atoms with Gasteiger partial charge in [-0.1, -0.05) is 19.1 Å². The number of aromatic amines is 1. The molecule has 3 N–H and O–H groups in total. The first-order valence-corrected chi connectivity index (χ1v) is 9.99. The minimum Gasteiger partial charge on any atom is -0.357 e. The van der Waals surface area contributed by atoms with E-state index in [1.165, 1.54) is 4.88 Å². The zero-order chi connectivity index (χ0) is 18.2. The second-order valence-electron chi connectivity index (χ2n) is 5.96. The van der Waals surface area contributed by atoms with Crippen LogP contribution in [0.15, 0.2) is 35.5 Å². The van der Waals surface area contributed by atoms with Gasteiger partial charge in [0.25, 0.3) is 0 Å². The Labute approximate surface area is 181 Å². The Hall–Kier alpha value is -1.68. The molecule has 6 nitrogen and oxygen atoms in total. The van der Waals surface area contributed by atoms with Gasteiger partial charge in [0.15, 0.2) is 5.96 Å². The molecule has 2 aromatic heterocycles. The van der Waals surface area contributed by atoms with Crippen molar-refractivity contribution in [3.05, 3.63) is 46.2 Å². The molecule has 0 aliphatic rings. The van der Waals surface area contributed by atoms with Gasteiger partial charge < -0.3 is 15.6 Å². The molecule has 0 saturated heterocycles. The van der Waals surface area contributed by atoms with Crippen LogP contribution in [0.5, 0.6) is 0 Å². The van der Waals surface area contributed by atoms with E-state index in [-0.39, 0.29) is 24.0 Å². The number of hydrogen-bond donors (Lipinski definition) is 3. The van der Waals surface area contributed by atoms with E-state index in [0.717, 1.165) is 66.7 Å². The van der Waals surface area contributed by atoms with Gasteiger partial charge >= 0.3 is 0 Å². The maximum Gasteiger partial charge on any atom is 0.191 e. The molecular weight excluding hydrogens is 471 g/mol. The Balaban J connectivity index is 0.00000261. The molecule has 0 spiro atoms. The van der Waals surface area contributed by atoms with Crippen LogP contribution in [0.2, 0.25) is 0 Å². The number of thiazole rings is 1. The van der Waals surface area contributed by atoms with Crippen LogP contribution in [0.1, 0.15) is 29.6 Å². The highest BCUT2D eigenvalue weighted by atomic mass is 127. The summed E-state index contributed by atoms with van der Waals surface area (Å²) in [5, 5.41) is 7.82. The summed E-state index contributed by atoms with van der Waals surface area (Å²) >= 11 is 1.78. The van der Waals surface area contributed by atoms with E-state index in [0.29, 0.717) is 0 Å². The molecule has 0 atom stereocenters. The highest BCUT2D eigenvalue weighted by Gasteiger charge is 2.04. The number of hydrogen-bond acceptors (Lipinski definition) is 4. The first kappa shape index (κ1) is 21.6. The number of nitrogens with one attached hydrogen (secondary N) is 3. The molecule has 0 unspecified atom stereocenters. The maximum atomic E-state index is 4.65. The minimum atomic E-state index is 0. The van der Waals surface area contributed by atoms with Gasteiger partial charge in [0.2, 0.25) is 0 Å². The van der Waals surface area contributed by atoms with E-state index in [2.05, 4.69) is 44.4 Å². The summed E-state index contributed by atoms with van der Waals surface area (Å²) in [5.41, 5.74) is 2.09. The number of fused-ring (bicyclic) bond motifs is 1. The molecule has 2 heterocycles. The normalized spacial score (nSPS) is 11.4. The molecule has 3 aromatic rings. The van der Waals surface area contributed by atoms with Gasteiger partial charge in [-0.15, -0.1) is 35.3 Å². The van der Waals surface area contributed by atoms with Crippen molar-refractivity contribution in [2.24, 2.45) is 4.99 Å². The van der Waals surface area contributed by atoms with Crippen LogP contribution in [0.3, 0.4) is 0 Å². The number of guanidine groups is 1. The number of H-pyrrole nitrogens is 1. The number of benzene rings is 1. The molecule has 3 rings (SSSR count). The van der Waals surface area contributed by atoms with E-state index >= 15 is 0 Å². The number of aliphatic imine (C=N–C) groups is 1. The number of nitrogens with zero attached hydrogens (tertiary/aromatic N) is 3. The quantitative estimate of drug-likeness (QED) is 0.252. The molecule has 146 valence electrons. The average Bonchev–Trinajstić information content (AvgIpc) is 3.27. The topological polar surface area (TPSA) is 78.0 Å². The third-order valence-electron chi connectivity index (χ3n) is 3.98. The predicted octanol–water partition coefficient (Wildman–Crippen LogP) is 3.54. The predicted molar refractivity (Wildman–Crippen MR) is 124 cm³/mol. The van der Waals surface area contributed by atoms with Gasteiger partial charge in [0, 0.05) is 43.5 Å². The number of aromatic nitrogens is 3. The van der Waals surface area contributed by atoms with Crippen molar-refractivity contribution < 1.29 is 0 Å². The summed E-state index contributed by atoms with van der Waals surface area (Å²) in [5.74, 6) is 1.83. The molecule has 0 radical (unpaired) electrons. The van der Waals surface area contributed by atoms with Crippen LogP contribution >= 0.6 is 35.3 Å². The van der Waals surface area contributed by atoms with Crippen molar-refractivity contribution in [2.75, 3.05) is 19.6 Å². The SMILES string of the molecule is CCNC(=NCCc1ncc(CC)s1)NCCc1nc2ccccc2[nH]1.I. The Morgan fingerprint density at radius 1 is 1.19 bits per heavy atom. The van der Waals surface area contributed by atoms with E-state index in [1.54, 1.807) is 11.3 Å². The van der Waals surface area contributed by atoms with Crippen LogP contribution in [-0.4, -0.2) is 40.5 Å². The minimum absolute atomic E-state index is 0. The first-order valence-electron chi connectivity index (χ1n) is 9.18. The number of halogens is 1. The third kappa shape index (κ3) is 6.46. The van der Waals surface area contributed by atoms with Crippen LogP contribution in [0, 0.1) is 0 Å². The van der Waals surface area contributed by atoms with Crippen LogP contribution in [-0.2, 0) is 19.3 Å². The summed E-state index contributed by atoms with van der Waals surface area (Å²) in [6.07, 6.45) is 4.73. The van der Waals surface area contributed by atoms with E-state index < -0.39 is 0 Å². The van der Waals surface area contributed by atoms with Crippen LogP contribution in [0.4, 0.5) is 0 Å². The Bertz CT molecular complexity index is 824. The zero-order valence-corrected chi connectivity index (χ0v) is 18.9.